The zero-order valence-electron chi connectivity index (χ0n) is 16.7. The molecule has 8 nitrogen and oxygen atoms in total. The van der Waals surface area contributed by atoms with E-state index in [-0.39, 0.29) is 4.90 Å². The number of aryl methyl sites for hydroxylation is 1. The van der Waals surface area contributed by atoms with Crippen molar-refractivity contribution in [2.45, 2.75) is 50.7 Å². The molecule has 0 bridgehead atoms. The lowest BCUT2D eigenvalue weighted by atomic mass is 10.1. The fraction of sp³-hybridized carbons (Fsp3) is 0.579. The molecular weight excluding hydrogens is 384 g/mol. The molecule has 0 spiro atoms. The number of nitrogens with one attached hydrogen (secondary N) is 1. The van der Waals surface area contributed by atoms with Crippen molar-refractivity contribution in [3.8, 4) is 0 Å². The van der Waals surface area contributed by atoms with Gasteiger partial charge in [-0.2, -0.15) is 4.72 Å². The van der Waals surface area contributed by atoms with E-state index < -0.39 is 40.0 Å². The minimum atomic E-state index is -3.99. The van der Waals surface area contributed by atoms with E-state index in [0.29, 0.717) is 26.3 Å². The number of nitrogens with zero attached hydrogens (tertiary/aromatic N) is 1. The van der Waals surface area contributed by atoms with Crippen molar-refractivity contribution in [3.05, 3.63) is 29.8 Å². The van der Waals surface area contributed by atoms with Crippen LogP contribution in [-0.4, -0.2) is 63.1 Å². The second-order valence-corrected chi connectivity index (χ2v) is 9.43. The number of ether oxygens (including phenoxy) is 2. The standard InChI is InChI=1S/C19H28N2O6S/c1-14-5-7-15(8-6-14)28(24,25)20-16(13-17(22)27-19(2,3)4)18(23)21-9-11-26-12-10-21/h5-8,16,20H,9-13H2,1-4H3. The van der Waals surface area contributed by atoms with E-state index in [0.717, 1.165) is 5.56 Å². The molecule has 2 rings (SSSR count). The van der Waals surface area contributed by atoms with Gasteiger partial charge >= 0.3 is 5.97 Å². The Kier molecular flexibility index (Phi) is 7.19. The highest BCUT2D eigenvalue weighted by atomic mass is 32.2. The number of amides is 1. The fourth-order valence-electron chi connectivity index (χ4n) is 2.71. The molecule has 1 N–H and O–H groups in total. The molecule has 1 fully saturated rings. The van der Waals surface area contributed by atoms with Crippen molar-refractivity contribution in [2.75, 3.05) is 26.3 Å². The van der Waals surface area contributed by atoms with Crippen molar-refractivity contribution >= 4 is 21.9 Å². The molecule has 9 heteroatoms. The molecule has 1 atom stereocenters. The van der Waals surface area contributed by atoms with E-state index in [1.54, 1.807) is 32.9 Å². The molecule has 1 amide bonds. The van der Waals surface area contributed by atoms with Gasteiger partial charge < -0.3 is 14.4 Å². The smallest absolute Gasteiger partial charge is 0.308 e. The maximum atomic E-state index is 12.9. The largest absolute Gasteiger partial charge is 0.460 e. The Hall–Kier alpha value is -1.97. The van der Waals surface area contributed by atoms with Crippen molar-refractivity contribution < 1.29 is 27.5 Å². The number of rotatable bonds is 6. The summed E-state index contributed by atoms with van der Waals surface area (Å²) >= 11 is 0. The summed E-state index contributed by atoms with van der Waals surface area (Å²) in [5.74, 6) is -1.12. The summed E-state index contributed by atoms with van der Waals surface area (Å²) in [7, 11) is -3.99. The molecule has 156 valence electrons. The third kappa shape index (κ3) is 6.57. The van der Waals surface area contributed by atoms with Gasteiger partial charge in [0.25, 0.3) is 0 Å². The van der Waals surface area contributed by atoms with Gasteiger partial charge in [-0.15, -0.1) is 0 Å². The Morgan fingerprint density at radius 3 is 2.29 bits per heavy atom. The zero-order valence-corrected chi connectivity index (χ0v) is 17.5. The van der Waals surface area contributed by atoms with Crippen molar-refractivity contribution in [1.82, 2.24) is 9.62 Å². The normalized spacial score (nSPS) is 16.5. The summed E-state index contributed by atoms with van der Waals surface area (Å²) in [5.41, 5.74) is 0.174. The van der Waals surface area contributed by atoms with Crippen molar-refractivity contribution in [3.63, 3.8) is 0 Å². The lowest BCUT2D eigenvalue weighted by Crippen LogP contribution is -2.52. The summed E-state index contributed by atoms with van der Waals surface area (Å²) < 4.78 is 38.4. The van der Waals surface area contributed by atoms with Gasteiger partial charge in [0.15, 0.2) is 0 Å². The summed E-state index contributed by atoms with van der Waals surface area (Å²) in [5, 5.41) is 0. The van der Waals surface area contributed by atoms with Crippen LogP contribution in [0.15, 0.2) is 29.2 Å². The molecule has 0 saturated carbocycles. The average molecular weight is 413 g/mol. The summed E-state index contributed by atoms with van der Waals surface area (Å²) in [6.07, 6.45) is -0.390. The van der Waals surface area contributed by atoms with Gasteiger partial charge in [-0.25, -0.2) is 8.42 Å². The zero-order chi connectivity index (χ0) is 20.9. The van der Waals surface area contributed by atoms with Gasteiger partial charge in [0.1, 0.15) is 11.6 Å². The summed E-state index contributed by atoms with van der Waals surface area (Å²) in [6, 6.07) is 5.00. The third-order valence-electron chi connectivity index (χ3n) is 4.04. The minimum absolute atomic E-state index is 0.0297. The van der Waals surface area contributed by atoms with Crippen LogP contribution < -0.4 is 4.72 Å². The van der Waals surface area contributed by atoms with Crippen LogP contribution in [0, 0.1) is 6.92 Å². The summed E-state index contributed by atoms with van der Waals surface area (Å²) in [6.45, 7) is 8.40. The van der Waals surface area contributed by atoms with E-state index in [9.17, 15) is 18.0 Å². The Balaban J connectivity index is 2.22. The number of morpholine rings is 1. The average Bonchev–Trinajstić information content (AvgIpc) is 2.60. The molecule has 1 saturated heterocycles. The van der Waals surface area contributed by atoms with Gasteiger partial charge in [-0.1, -0.05) is 17.7 Å². The SMILES string of the molecule is Cc1ccc(S(=O)(=O)NC(CC(=O)OC(C)(C)C)C(=O)N2CCOCC2)cc1. The van der Waals surface area contributed by atoms with Crippen LogP contribution in [0.3, 0.4) is 0 Å². The highest BCUT2D eigenvalue weighted by Gasteiger charge is 2.33. The molecule has 28 heavy (non-hydrogen) atoms. The topological polar surface area (TPSA) is 102 Å². The first-order valence-corrected chi connectivity index (χ1v) is 10.6. The van der Waals surface area contributed by atoms with E-state index in [1.165, 1.54) is 17.0 Å². The van der Waals surface area contributed by atoms with Crippen LogP contribution in [0.4, 0.5) is 0 Å². The minimum Gasteiger partial charge on any atom is -0.460 e. The first-order chi connectivity index (χ1) is 13.0. The fourth-order valence-corrected chi connectivity index (χ4v) is 3.90. The number of esters is 1. The van der Waals surface area contributed by atoms with Crippen LogP contribution in [-0.2, 0) is 29.1 Å². The molecular formula is C19H28N2O6S. The second kappa shape index (κ2) is 9.02. The van der Waals surface area contributed by atoms with Crippen LogP contribution >= 0.6 is 0 Å². The number of benzene rings is 1. The Morgan fingerprint density at radius 2 is 1.75 bits per heavy atom. The van der Waals surface area contributed by atoms with Gasteiger partial charge in [0.2, 0.25) is 15.9 Å². The monoisotopic (exact) mass is 412 g/mol. The van der Waals surface area contributed by atoms with Gasteiger partial charge in [0, 0.05) is 13.1 Å². The molecule has 1 aliphatic heterocycles. The number of carbonyl (C=O) groups is 2. The first-order valence-electron chi connectivity index (χ1n) is 9.15. The maximum Gasteiger partial charge on any atom is 0.308 e. The van der Waals surface area contributed by atoms with E-state index >= 15 is 0 Å². The molecule has 0 aliphatic carbocycles. The third-order valence-corrected chi connectivity index (χ3v) is 5.53. The Labute approximate surface area is 166 Å². The van der Waals surface area contributed by atoms with E-state index in [4.69, 9.17) is 9.47 Å². The number of hydrogen-bond acceptors (Lipinski definition) is 6. The van der Waals surface area contributed by atoms with Crippen LogP contribution in [0.2, 0.25) is 0 Å². The van der Waals surface area contributed by atoms with Crippen LogP contribution in [0.25, 0.3) is 0 Å². The Bertz CT molecular complexity index is 793. The quantitative estimate of drug-likeness (QED) is 0.705. The molecule has 1 heterocycles. The molecule has 1 unspecified atom stereocenters. The number of sulfonamides is 1. The van der Waals surface area contributed by atoms with E-state index in [1.807, 2.05) is 6.92 Å². The molecule has 0 aromatic heterocycles. The predicted molar refractivity (Wildman–Crippen MR) is 103 cm³/mol. The molecule has 1 aliphatic rings. The van der Waals surface area contributed by atoms with Gasteiger partial charge in [-0.3, -0.25) is 9.59 Å². The molecule has 1 aromatic rings. The molecule has 1 aromatic carbocycles. The van der Waals surface area contributed by atoms with Gasteiger partial charge in [0.05, 0.1) is 24.5 Å². The number of hydrogen-bond donors (Lipinski definition) is 1. The first kappa shape index (κ1) is 22.3. The van der Waals surface area contributed by atoms with Crippen LogP contribution in [0.5, 0.6) is 0 Å². The highest BCUT2D eigenvalue weighted by molar-refractivity contribution is 7.89. The van der Waals surface area contributed by atoms with Crippen molar-refractivity contribution in [1.29, 1.82) is 0 Å². The van der Waals surface area contributed by atoms with E-state index in [2.05, 4.69) is 4.72 Å². The maximum absolute atomic E-state index is 12.9. The predicted octanol–water partition coefficient (Wildman–Crippen LogP) is 1.23. The van der Waals surface area contributed by atoms with Crippen molar-refractivity contribution in [2.24, 2.45) is 0 Å². The molecule has 0 radical (unpaired) electrons. The highest BCUT2D eigenvalue weighted by Crippen LogP contribution is 2.15. The summed E-state index contributed by atoms with van der Waals surface area (Å²) in [4.78, 5) is 26.7. The van der Waals surface area contributed by atoms with Gasteiger partial charge in [-0.05, 0) is 39.8 Å². The van der Waals surface area contributed by atoms with Crippen LogP contribution in [0.1, 0.15) is 32.8 Å². The number of carbonyl (C=O) groups excluding carboxylic acids is 2. The lowest BCUT2D eigenvalue weighted by molar-refractivity contribution is -0.157. The Morgan fingerprint density at radius 1 is 1.18 bits per heavy atom. The second-order valence-electron chi connectivity index (χ2n) is 7.72. The lowest BCUT2D eigenvalue weighted by Gasteiger charge is -2.31.